The number of rotatable bonds is 15. The van der Waals surface area contributed by atoms with Crippen LogP contribution in [0.1, 0.15) is 51.7 Å². The van der Waals surface area contributed by atoms with Crippen molar-refractivity contribution in [2.45, 2.75) is 53.1 Å². The first-order valence-corrected chi connectivity index (χ1v) is 11.7. The molecule has 0 amide bonds. The topological polar surface area (TPSA) is 55.4 Å². The van der Waals surface area contributed by atoms with Gasteiger partial charge < -0.3 is 28.4 Å². The van der Waals surface area contributed by atoms with Crippen LogP contribution < -0.4 is 18.9 Å². The first-order valence-electron chi connectivity index (χ1n) is 11.7. The van der Waals surface area contributed by atoms with Gasteiger partial charge >= 0.3 is 0 Å². The van der Waals surface area contributed by atoms with Crippen molar-refractivity contribution < 1.29 is 28.4 Å². The summed E-state index contributed by atoms with van der Waals surface area (Å²) in [5.41, 5.74) is 2.12. The molecule has 2 unspecified atom stereocenters. The van der Waals surface area contributed by atoms with Crippen LogP contribution in [-0.4, -0.2) is 40.0 Å². The zero-order valence-electron chi connectivity index (χ0n) is 21.2. The van der Waals surface area contributed by atoms with Crippen molar-refractivity contribution in [3.05, 3.63) is 59.7 Å². The Kier molecular flexibility index (Phi) is 12.1. The standard InChI is InChI=1S/C28H38O6/c1-7-11-23-13-15-25(27(19-23)29-5)33-21(3)31-17-9-10-18-32-22(4)34-26-16-14-24(12-8-2)20-28(26)30-6/h7-8,11-16,19-22H,9-10,17-18H2,1-6H3/b11-7+,12-8+. The fourth-order valence-electron chi connectivity index (χ4n) is 3.28. The predicted molar refractivity (Wildman–Crippen MR) is 137 cm³/mol. The summed E-state index contributed by atoms with van der Waals surface area (Å²) in [7, 11) is 3.26. The summed E-state index contributed by atoms with van der Waals surface area (Å²) >= 11 is 0. The normalized spacial score (nSPS) is 13.2. The Bertz CT molecular complexity index is 846. The van der Waals surface area contributed by atoms with Gasteiger partial charge in [0, 0.05) is 0 Å². The molecular formula is C28H38O6. The minimum Gasteiger partial charge on any atom is -0.493 e. The van der Waals surface area contributed by atoms with Gasteiger partial charge in [-0.1, -0.05) is 36.4 Å². The van der Waals surface area contributed by atoms with Crippen LogP contribution in [0.25, 0.3) is 12.2 Å². The van der Waals surface area contributed by atoms with Crippen LogP contribution in [0.4, 0.5) is 0 Å². The molecule has 0 fully saturated rings. The average molecular weight is 471 g/mol. The zero-order valence-corrected chi connectivity index (χ0v) is 21.2. The number of hydrogen-bond acceptors (Lipinski definition) is 6. The van der Waals surface area contributed by atoms with Crippen LogP contribution in [-0.2, 0) is 9.47 Å². The van der Waals surface area contributed by atoms with Crippen molar-refractivity contribution in [2.75, 3.05) is 27.4 Å². The summed E-state index contributed by atoms with van der Waals surface area (Å²) in [6, 6.07) is 11.6. The van der Waals surface area contributed by atoms with E-state index in [1.807, 2.05) is 88.4 Å². The van der Waals surface area contributed by atoms with Crippen molar-refractivity contribution in [2.24, 2.45) is 0 Å². The Labute approximate surface area is 204 Å². The maximum atomic E-state index is 5.89. The van der Waals surface area contributed by atoms with Gasteiger partial charge in [0.2, 0.25) is 0 Å². The van der Waals surface area contributed by atoms with E-state index in [0.717, 1.165) is 24.0 Å². The fourth-order valence-corrected chi connectivity index (χ4v) is 3.28. The molecule has 0 spiro atoms. The van der Waals surface area contributed by atoms with Gasteiger partial charge in [-0.2, -0.15) is 0 Å². The Balaban J connectivity index is 1.68. The zero-order chi connectivity index (χ0) is 24.8. The largest absolute Gasteiger partial charge is 0.493 e. The van der Waals surface area contributed by atoms with E-state index in [1.165, 1.54) is 0 Å². The third-order valence-electron chi connectivity index (χ3n) is 4.92. The van der Waals surface area contributed by atoms with Crippen LogP contribution >= 0.6 is 0 Å². The highest BCUT2D eigenvalue weighted by Gasteiger charge is 2.11. The molecular weight excluding hydrogens is 432 g/mol. The second-order valence-electron chi connectivity index (χ2n) is 7.64. The molecule has 0 aliphatic rings. The molecule has 186 valence electrons. The molecule has 2 aromatic carbocycles. The van der Waals surface area contributed by atoms with E-state index in [0.29, 0.717) is 36.2 Å². The van der Waals surface area contributed by atoms with Gasteiger partial charge in [0.15, 0.2) is 35.6 Å². The first-order chi connectivity index (χ1) is 16.5. The second kappa shape index (κ2) is 15.0. The molecule has 0 aromatic heterocycles. The molecule has 0 saturated heterocycles. The van der Waals surface area contributed by atoms with Crippen molar-refractivity contribution in [3.63, 3.8) is 0 Å². The maximum absolute atomic E-state index is 5.89. The van der Waals surface area contributed by atoms with Gasteiger partial charge in [0.25, 0.3) is 0 Å². The molecule has 0 N–H and O–H groups in total. The molecule has 0 aliphatic carbocycles. The molecule has 0 aliphatic heterocycles. The van der Waals surface area contributed by atoms with Crippen molar-refractivity contribution in [3.8, 4) is 23.0 Å². The van der Waals surface area contributed by atoms with Gasteiger partial charge in [0.1, 0.15) is 0 Å². The van der Waals surface area contributed by atoms with Crippen LogP contribution in [0, 0.1) is 0 Å². The fraction of sp³-hybridized carbons (Fsp3) is 0.429. The maximum Gasteiger partial charge on any atom is 0.197 e. The lowest BCUT2D eigenvalue weighted by atomic mass is 10.2. The molecule has 2 aromatic rings. The van der Waals surface area contributed by atoms with E-state index in [2.05, 4.69) is 0 Å². The Morgan fingerprint density at radius 3 is 1.41 bits per heavy atom. The number of allylic oxidation sites excluding steroid dienone is 2. The van der Waals surface area contributed by atoms with Crippen LogP contribution in [0.5, 0.6) is 23.0 Å². The third kappa shape index (κ3) is 9.12. The summed E-state index contributed by atoms with van der Waals surface area (Å²) in [6.45, 7) is 8.85. The van der Waals surface area contributed by atoms with E-state index < -0.39 is 0 Å². The molecule has 0 heterocycles. The van der Waals surface area contributed by atoms with Gasteiger partial charge in [-0.05, 0) is 75.9 Å². The molecule has 0 radical (unpaired) electrons. The number of methoxy groups -OCH3 is 2. The summed E-state index contributed by atoms with van der Waals surface area (Å²) in [5, 5.41) is 0. The first kappa shape index (κ1) is 27.3. The lowest BCUT2D eigenvalue weighted by Gasteiger charge is -2.19. The summed E-state index contributed by atoms with van der Waals surface area (Å²) in [5.74, 6) is 2.68. The molecule has 2 atom stereocenters. The highest BCUT2D eigenvalue weighted by atomic mass is 16.7. The molecule has 0 saturated carbocycles. The SMILES string of the molecule is C/C=C/c1ccc(OC(C)OCCCCOC(C)Oc2ccc(/C=C/C)cc2OC)c(OC)c1. The molecule has 0 bridgehead atoms. The monoisotopic (exact) mass is 470 g/mol. The van der Waals surface area contributed by atoms with Crippen LogP contribution in [0.15, 0.2) is 48.6 Å². The lowest BCUT2D eigenvalue weighted by molar-refractivity contribution is -0.0812. The van der Waals surface area contributed by atoms with Crippen LogP contribution in [0.2, 0.25) is 0 Å². The quantitative estimate of drug-likeness (QED) is 0.212. The molecule has 2 rings (SSSR count). The highest BCUT2D eigenvalue weighted by molar-refractivity contribution is 5.56. The number of ether oxygens (including phenoxy) is 6. The lowest BCUT2D eigenvalue weighted by Crippen LogP contribution is -2.19. The summed E-state index contributed by atoms with van der Waals surface area (Å²) < 4.78 is 34.2. The van der Waals surface area contributed by atoms with Crippen molar-refractivity contribution in [1.29, 1.82) is 0 Å². The van der Waals surface area contributed by atoms with E-state index in [-0.39, 0.29) is 12.6 Å². The Morgan fingerprint density at radius 2 is 1.06 bits per heavy atom. The van der Waals surface area contributed by atoms with Crippen LogP contribution in [0.3, 0.4) is 0 Å². The van der Waals surface area contributed by atoms with E-state index in [4.69, 9.17) is 28.4 Å². The van der Waals surface area contributed by atoms with Gasteiger partial charge in [-0.3, -0.25) is 0 Å². The average Bonchev–Trinajstić information content (AvgIpc) is 2.83. The van der Waals surface area contributed by atoms with Crippen molar-refractivity contribution >= 4 is 12.2 Å². The summed E-state index contributed by atoms with van der Waals surface area (Å²) in [4.78, 5) is 0. The van der Waals surface area contributed by atoms with Gasteiger partial charge in [-0.15, -0.1) is 0 Å². The number of unbranched alkanes of at least 4 members (excludes halogenated alkanes) is 1. The number of benzene rings is 2. The van der Waals surface area contributed by atoms with E-state index in [1.54, 1.807) is 14.2 Å². The highest BCUT2D eigenvalue weighted by Crippen LogP contribution is 2.30. The summed E-state index contributed by atoms with van der Waals surface area (Å²) in [6.07, 6.45) is 8.91. The smallest absolute Gasteiger partial charge is 0.197 e. The van der Waals surface area contributed by atoms with Gasteiger partial charge in [0.05, 0.1) is 27.4 Å². The minimum absolute atomic E-state index is 0.386. The molecule has 6 nitrogen and oxygen atoms in total. The van der Waals surface area contributed by atoms with Crippen molar-refractivity contribution in [1.82, 2.24) is 0 Å². The predicted octanol–water partition coefficient (Wildman–Crippen LogP) is 6.73. The second-order valence-corrected chi connectivity index (χ2v) is 7.64. The van der Waals surface area contributed by atoms with E-state index >= 15 is 0 Å². The molecule has 34 heavy (non-hydrogen) atoms. The molecule has 6 heteroatoms. The minimum atomic E-state index is -0.386. The third-order valence-corrected chi connectivity index (χ3v) is 4.92. The van der Waals surface area contributed by atoms with Gasteiger partial charge in [-0.25, -0.2) is 0 Å². The Morgan fingerprint density at radius 1 is 0.647 bits per heavy atom. The Hall–Kier alpha value is -2.96. The van der Waals surface area contributed by atoms with E-state index in [9.17, 15) is 0 Å². The number of hydrogen-bond donors (Lipinski definition) is 0.